The van der Waals surface area contributed by atoms with Gasteiger partial charge < -0.3 is 14.7 Å². The number of ether oxygens (including phenoxy) is 1. The van der Waals surface area contributed by atoms with Crippen LogP contribution < -0.4 is 4.74 Å². The van der Waals surface area contributed by atoms with Crippen molar-refractivity contribution >= 4 is 0 Å². The lowest BCUT2D eigenvalue weighted by Gasteiger charge is -2.22. The number of fused-ring (bicyclic) bond motifs is 1. The van der Waals surface area contributed by atoms with Crippen molar-refractivity contribution in [3.8, 4) is 5.75 Å². The van der Waals surface area contributed by atoms with Gasteiger partial charge in [0.05, 0.1) is 19.9 Å². The van der Waals surface area contributed by atoms with Crippen molar-refractivity contribution in [2.45, 2.75) is 31.9 Å². The molecule has 0 bridgehead atoms. The normalized spacial score (nSPS) is 29.6. The Morgan fingerprint density at radius 2 is 2.10 bits per heavy atom. The molecule has 0 amide bonds. The van der Waals surface area contributed by atoms with Gasteiger partial charge in [-0.25, -0.2) is 0 Å². The third kappa shape index (κ3) is 2.56. The van der Waals surface area contributed by atoms with Crippen LogP contribution in [0.3, 0.4) is 0 Å². The zero-order valence-corrected chi connectivity index (χ0v) is 12.6. The largest absolute Gasteiger partial charge is 0.493 e. The van der Waals surface area contributed by atoms with E-state index in [1.165, 1.54) is 6.42 Å². The average Bonchev–Trinajstić information content (AvgIpc) is 2.89. The van der Waals surface area contributed by atoms with E-state index < -0.39 is 6.10 Å². The van der Waals surface area contributed by atoms with E-state index in [1.807, 2.05) is 18.8 Å². The lowest BCUT2D eigenvalue weighted by atomic mass is 9.94. The number of likely N-dealkylation sites (N-methyl/N-ethyl adjacent to an activating group) is 1. The summed E-state index contributed by atoms with van der Waals surface area (Å²) in [6.07, 6.45) is 4.98. The van der Waals surface area contributed by atoms with Gasteiger partial charge in [-0.05, 0) is 51.1 Å². The molecule has 5 nitrogen and oxygen atoms in total. The molecule has 0 saturated heterocycles. The van der Waals surface area contributed by atoms with E-state index >= 15 is 0 Å². The molecule has 3 atom stereocenters. The molecule has 2 aliphatic rings. The first-order valence-electron chi connectivity index (χ1n) is 7.52. The minimum atomic E-state index is -0.442. The Labute approximate surface area is 120 Å². The highest BCUT2D eigenvalue weighted by molar-refractivity contribution is 5.28. The maximum absolute atomic E-state index is 10.8. The summed E-state index contributed by atoms with van der Waals surface area (Å²) in [6.45, 7) is 1.68. The molecule has 0 radical (unpaired) electrons. The summed E-state index contributed by atoms with van der Waals surface area (Å²) in [5.74, 6) is 2.84. The monoisotopic (exact) mass is 279 g/mol. The SMILES string of the molecule is COc1cnn(CCN(C)C)c1C(O)C1CC2CC2C1. The zero-order chi connectivity index (χ0) is 14.3. The summed E-state index contributed by atoms with van der Waals surface area (Å²) in [4.78, 5) is 2.12. The Hall–Kier alpha value is -1.07. The highest BCUT2D eigenvalue weighted by Gasteiger charge is 2.48. The Kier molecular flexibility index (Phi) is 3.73. The highest BCUT2D eigenvalue weighted by Crippen LogP contribution is 2.57. The molecular weight excluding hydrogens is 254 g/mol. The first kappa shape index (κ1) is 13.9. The van der Waals surface area contributed by atoms with Crippen LogP contribution >= 0.6 is 0 Å². The molecule has 0 aliphatic heterocycles. The highest BCUT2D eigenvalue weighted by atomic mass is 16.5. The summed E-state index contributed by atoms with van der Waals surface area (Å²) >= 11 is 0. The van der Waals surface area contributed by atoms with Crippen LogP contribution in [0, 0.1) is 17.8 Å². The lowest BCUT2D eigenvalue weighted by molar-refractivity contribution is 0.0918. The number of hydrogen-bond acceptors (Lipinski definition) is 4. The van der Waals surface area contributed by atoms with Gasteiger partial charge in [0.25, 0.3) is 0 Å². The molecular formula is C15H25N3O2. The topological polar surface area (TPSA) is 50.5 Å². The number of aliphatic hydroxyl groups is 1. The average molecular weight is 279 g/mol. The van der Waals surface area contributed by atoms with Crippen molar-refractivity contribution < 1.29 is 9.84 Å². The second kappa shape index (κ2) is 5.37. The van der Waals surface area contributed by atoms with Crippen molar-refractivity contribution in [2.24, 2.45) is 17.8 Å². The number of rotatable bonds is 6. The molecule has 1 N–H and O–H groups in total. The number of aliphatic hydroxyl groups excluding tert-OH is 1. The third-order valence-electron chi connectivity index (χ3n) is 4.83. The number of nitrogens with zero attached hydrogens (tertiary/aromatic N) is 3. The summed E-state index contributed by atoms with van der Waals surface area (Å²) in [6, 6.07) is 0. The fraction of sp³-hybridized carbons (Fsp3) is 0.800. The minimum Gasteiger partial charge on any atom is -0.493 e. The smallest absolute Gasteiger partial charge is 0.162 e. The molecule has 2 fully saturated rings. The number of hydrogen-bond donors (Lipinski definition) is 1. The maximum atomic E-state index is 10.8. The van der Waals surface area contributed by atoms with Crippen LogP contribution in [-0.2, 0) is 6.54 Å². The second-order valence-corrected chi connectivity index (χ2v) is 6.56. The first-order valence-corrected chi connectivity index (χ1v) is 7.52. The van der Waals surface area contributed by atoms with Crippen molar-refractivity contribution in [3.05, 3.63) is 11.9 Å². The predicted molar refractivity (Wildman–Crippen MR) is 76.6 cm³/mol. The summed E-state index contributed by atoms with van der Waals surface area (Å²) < 4.78 is 7.30. The van der Waals surface area contributed by atoms with Gasteiger partial charge in [-0.1, -0.05) is 0 Å². The summed E-state index contributed by atoms with van der Waals surface area (Å²) in [5.41, 5.74) is 0.862. The Balaban J connectivity index is 1.76. The van der Waals surface area contributed by atoms with Crippen LogP contribution in [0.5, 0.6) is 5.75 Å². The second-order valence-electron chi connectivity index (χ2n) is 6.56. The Morgan fingerprint density at radius 1 is 1.40 bits per heavy atom. The van der Waals surface area contributed by atoms with Crippen LogP contribution in [0.2, 0.25) is 0 Å². The van der Waals surface area contributed by atoms with Crippen LogP contribution in [0.4, 0.5) is 0 Å². The van der Waals surface area contributed by atoms with E-state index in [1.54, 1.807) is 13.3 Å². The van der Waals surface area contributed by atoms with Gasteiger partial charge in [-0.3, -0.25) is 4.68 Å². The van der Waals surface area contributed by atoms with Crippen LogP contribution in [0.15, 0.2) is 6.20 Å². The molecule has 20 heavy (non-hydrogen) atoms. The maximum Gasteiger partial charge on any atom is 0.162 e. The molecule has 0 aromatic carbocycles. The van der Waals surface area contributed by atoms with Crippen LogP contribution in [-0.4, -0.2) is 47.5 Å². The molecule has 1 aromatic rings. The van der Waals surface area contributed by atoms with Crippen molar-refractivity contribution in [3.63, 3.8) is 0 Å². The standard InChI is InChI=1S/C15H25N3O2/c1-17(2)4-5-18-14(13(20-3)9-16-18)15(19)12-7-10-6-11(10)8-12/h9-12,15,19H,4-8H2,1-3H3. The Morgan fingerprint density at radius 3 is 2.70 bits per heavy atom. The summed E-state index contributed by atoms with van der Waals surface area (Å²) in [5, 5.41) is 15.1. The molecule has 3 unspecified atom stereocenters. The molecule has 5 heteroatoms. The van der Waals surface area contributed by atoms with Gasteiger partial charge in [0.1, 0.15) is 11.8 Å². The lowest BCUT2D eigenvalue weighted by Crippen LogP contribution is -2.23. The van der Waals surface area contributed by atoms with Crippen molar-refractivity contribution in [1.82, 2.24) is 14.7 Å². The van der Waals surface area contributed by atoms with E-state index in [4.69, 9.17) is 4.74 Å². The first-order chi connectivity index (χ1) is 9.60. The summed E-state index contributed by atoms with van der Waals surface area (Å²) in [7, 11) is 5.73. The van der Waals surface area contributed by atoms with E-state index in [9.17, 15) is 5.11 Å². The van der Waals surface area contributed by atoms with Crippen molar-refractivity contribution in [2.75, 3.05) is 27.7 Å². The number of aromatic nitrogens is 2. The predicted octanol–water partition coefficient (Wildman–Crippen LogP) is 1.53. The molecule has 2 saturated carbocycles. The van der Waals surface area contributed by atoms with E-state index in [-0.39, 0.29) is 0 Å². The van der Waals surface area contributed by atoms with Gasteiger partial charge in [-0.2, -0.15) is 5.10 Å². The molecule has 3 rings (SSSR count). The van der Waals surface area contributed by atoms with Gasteiger partial charge >= 0.3 is 0 Å². The number of methoxy groups -OCH3 is 1. The molecule has 1 heterocycles. The molecule has 2 aliphatic carbocycles. The molecule has 1 aromatic heterocycles. The van der Waals surface area contributed by atoms with E-state index in [2.05, 4.69) is 10.00 Å². The Bertz CT molecular complexity index is 462. The van der Waals surface area contributed by atoms with Gasteiger partial charge in [0.2, 0.25) is 0 Å². The van der Waals surface area contributed by atoms with Crippen molar-refractivity contribution in [1.29, 1.82) is 0 Å². The third-order valence-corrected chi connectivity index (χ3v) is 4.83. The van der Waals surface area contributed by atoms with Gasteiger partial charge in [-0.15, -0.1) is 0 Å². The molecule has 0 spiro atoms. The fourth-order valence-electron chi connectivity index (χ4n) is 3.55. The zero-order valence-electron chi connectivity index (χ0n) is 12.6. The minimum absolute atomic E-state index is 0.377. The van der Waals surface area contributed by atoms with E-state index in [0.29, 0.717) is 5.92 Å². The quantitative estimate of drug-likeness (QED) is 0.858. The fourth-order valence-corrected chi connectivity index (χ4v) is 3.55. The molecule has 112 valence electrons. The van der Waals surface area contributed by atoms with Gasteiger partial charge in [0.15, 0.2) is 5.75 Å². The van der Waals surface area contributed by atoms with Gasteiger partial charge in [0, 0.05) is 6.54 Å². The van der Waals surface area contributed by atoms with Crippen LogP contribution in [0.25, 0.3) is 0 Å². The van der Waals surface area contributed by atoms with Crippen LogP contribution in [0.1, 0.15) is 31.1 Å². The van der Waals surface area contributed by atoms with E-state index in [0.717, 1.165) is 49.2 Å².